The molecule has 0 aliphatic rings. The summed E-state index contributed by atoms with van der Waals surface area (Å²) in [5.74, 6) is -0.113. The largest absolute Gasteiger partial charge is 0.345 e. The molecule has 4 nitrogen and oxygen atoms in total. The lowest BCUT2D eigenvalue weighted by Crippen LogP contribution is -2.26. The van der Waals surface area contributed by atoms with Crippen molar-refractivity contribution < 1.29 is 4.79 Å². The van der Waals surface area contributed by atoms with Gasteiger partial charge in [-0.1, -0.05) is 11.6 Å². The van der Waals surface area contributed by atoms with Gasteiger partial charge in [-0.25, -0.2) is 0 Å². The van der Waals surface area contributed by atoms with E-state index in [1.54, 1.807) is 10.9 Å². The molecular formula is C12H14ClN3OS. The van der Waals surface area contributed by atoms with Crippen LogP contribution in [0.1, 0.15) is 33.9 Å². The molecular weight excluding hydrogens is 270 g/mol. The Morgan fingerprint density at radius 1 is 1.56 bits per heavy atom. The van der Waals surface area contributed by atoms with Gasteiger partial charge in [-0.2, -0.15) is 5.10 Å². The molecule has 0 aromatic carbocycles. The van der Waals surface area contributed by atoms with Gasteiger partial charge in [0, 0.05) is 17.6 Å². The van der Waals surface area contributed by atoms with Crippen LogP contribution in [0.2, 0.25) is 4.34 Å². The van der Waals surface area contributed by atoms with Crippen LogP contribution in [0.4, 0.5) is 0 Å². The molecule has 2 heterocycles. The maximum Gasteiger partial charge on any atom is 0.255 e. The van der Waals surface area contributed by atoms with Crippen molar-refractivity contribution in [1.29, 1.82) is 0 Å². The Morgan fingerprint density at radius 3 is 2.78 bits per heavy atom. The number of aromatic nitrogens is 2. The summed E-state index contributed by atoms with van der Waals surface area (Å²) in [4.78, 5) is 13.1. The first-order valence-corrected chi connectivity index (χ1v) is 6.73. The molecule has 0 fully saturated rings. The fourth-order valence-electron chi connectivity index (χ4n) is 1.63. The molecule has 0 aliphatic heterocycles. The number of hydrogen-bond acceptors (Lipinski definition) is 3. The van der Waals surface area contributed by atoms with Gasteiger partial charge in [-0.15, -0.1) is 11.3 Å². The third kappa shape index (κ3) is 2.57. The second-order valence-electron chi connectivity index (χ2n) is 4.10. The van der Waals surface area contributed by atoms with Crippen molar-refractivity contribution in [2.75, 3.05) is 0 Å². The zero-order valence-corrected chi connectivity index (χ0v) is 12.0. The van der Waals surface area contributed by atoms with Gasteiger partial charge in [0.15, 0.2) is 0 Å². The van der Waals surface area contributed by atoms with E-state index in [1.165, 1.54) is 11.3 Å². The predicted molar refractivity (Wildman–Crippen MR) is 73.2 cm³/mol. The molecule has 2 aromatic rings. The molecule has 1 atom stereocenters. The Bertz CT molecular complexity index is 576. The fourth-order valence-corrected chi connectivity index (χ4v) is 2.69. The van der Waals surface area contributed by atoms with Crippen LogP contribution in [0, 0.1) is 6.92 Å². The van der Waals surface area contributed by atoms with Crippen LogP contribution in [-0.4, -0.2) is 15.7 Å². The minimum absolute atomic E-state index is 0.0605. The van der Waals surface area contributed by atoms with Gasteiger partial charge in [-0.05, 0) is 26.0 Å². The summed E-state index contributed by atoms with van der Waals surface area (Å²) in [6.07, 6.45) is 1.58. The number of carbonyl (C=O) groups excluding carboxylic acids is 1. The number of hydrogen-bond donors (Lipinski definition) is 1. The van der Waals surface area contributed by atoms with Gasteiger partial charge < -0.3 is 5.32 Å². The number of nitrogens with zero attached hydrogens (tertiary/aromatic N) is 2. The third-order valence-electron chi connectivity index (χ3n) is 2.85. The van der Waals surface area contributed by atoms with E-state index in [1.807, 2.05) is 33.0 Å². The summed E-state index contributed by atoms with van der Waals surface area (Å²) in [5.41, 5.74) is 1.45. The van der Waals surface area contributed by atoms with Crippen LogP contribution >= 0.6 is 22.9 Å². The molecule has 0 radical (unpaired) electrons. The van der Waals surface area contributed by atoms with Gasteiger partial charge in [0.05, 0.1) is 22.1 Å². The Labute approximate surface area is 115 Å². The molecule has 2 rings (SSSR count). The minimum Gasteiger partial charge on any atom is -0.345 e. The normalized spacial score (nSPS) is 12.4. The molecule has 1 N–H and O–H groups in total. The van der Waals surface area contributed by atoms with E-state index < -0.39 is 0 Å². The lowest BCUT2D eigenvalue weighted by Gasteiger charge is -2.11. The van der Waals surface area contributed by atoms with Gasteiger partial charge in [0.2, 0.25) is 0 Å². The first kappa shape index (κ1) is 13.1. The molecule has 1 amide bonds. The summed E-state index contributed by atoms with van der Waals surface area (Å²) < 4.78 is 2.41. The van der Waals surface area contributed by atoms with E-state index in [2.05, 4.69) is 10.4 Å². The van der Waals surface area contributed by atoms with Gasteiger partial charge >= 0.3 is 0 Å². The summed E-state index contributed by atoms with van der Waals surface area (Å²) in [6.45, 7) is 3.81. The van der Waals surface area contributed by atoms with Crippen molar-refractivity contribution in [2.45, 2.75) is 19.9 Å². The van der Waals surface area contributed by atoms with Crippen molar-refractivity contribution in [1.82, 2.24) is 15.1 Å². The molecule has 0 spiro atoms. The van der Waals surface area contributed by atoms with E-state index in [4.69, 9.17) is 11.6 Å². The summed E-state index contributed by atoms with van der Waals surface area (Å²) in [5, 5.41) is 7.00. The topological polar surface area (TPSA) is 46.9 Å². The molecule has 6 heteroatoms. The Morgan fingerprint density at radius 2 is 2.28 bits per heavy atom. The lowest BCUT2D eigenvalue weighted by molar-refractivity contribution is 0.0940. The van der Waals surface area contributed by atoms with Crippen LogP contribution in [0.25, 0.3) is 0 Å². The van der Waals surface area contributed by atoms with E-state index in [-0.39, 0.29) is 11.9 Å². The minimum atomic E-state index is -0.113. The van der Waals surface area contributed by atoms with Crippen molar-refractivity contribution in [2.24, 2.45) is 7.05 Å². The van der Waals surface area contributed by atoms with Crippen LogP contribution < -0.4 is 5.32 Å². The Kier molecular flexibility index (Phi) is 3.73. The van der Waals surface area contributed by atoms with Crippen molar-refractivity contribution >= 4 is 28.8 Å². The third-order valence-corrected chi connectivity index (χ3v) is 4.26. The summed E-state index contributed by atoms with van der Waals surface area (Å²) >= 11 is 7.35. The van der Waals surface area contributed by atoms with Crippen molar-refractivity contribution in [3.8, 4) is 0 Å². The highest BCUT2D eigenvalue weighted by molar-refractivity contribution is 7.16. The van der Waals surface area contributed by atoms with Gasteiger partial charge in [0.25, 0.3) is 5.91 Å². The molecule has 0 unspecified atom stereocenters. The lowest BCUT2D eigenvalue weighted by atomic mass is 10.2. The van der Waals surface area contributed by atoms with E-state index >= 15 is 0 Å². The SMILES string of the molecule is Cc1c(C(=O)N[C@H](C)c2ccc(Cl)s2)cnn1C. The Hall–Kier alpha value is -1.33. The average molecular weight is 284 g/mol. The molecule has 18 heavy (non-hydrogen) atoms. The number of halogens is 1. The zero-order chi connectivity index (χ0) is 13.3. The van der Waals surface area contributed by atoms with Crippen LogP contribution in [0.3, 0.4) is 0 Å². The number of carbonyl (C=O) groups is 1. The Balaban J connectivity index is 2.10. The summed E-state index contributed by atoms with van der Waals surface area (Å²) in [7, 11) is 1.81. The maximum atomic E-state index is 12.1. The van der Waals surface area contributed by atoms with E-state index in [9.17, 15) is 4.79 Å². The van der Waals surface area contributed by atoms with Gasteiger partial charge in [0.1, 0.15) is 0 Å². The van der Waals surface area contributed by atoms with Crippen LogP contribution in [0.15, 0.2) is 18.3 Å². The second-order valence-corrected chi connectivity index (χ2v) is 5.85. The van der Waals surface area contributed by atoms with Gasteiger partial charge in [-0.3, -0.25) is 9.48 Å². The van der Waals surface area contributed by atoms with E-state index in [0.717, 1.165) is 14.9 Å². The quantitative estimate of drug-likeness (QED) is 0.941. The highest BCUT2D eigenvalue weighted by Gasteiger charge is 2.16. The number of aryl methyl sites for hydroxylation is 1. The zero-order valence-electron chi connectivity index (χ0n) is 10.4. The van der Waals surface area contributed by atoms with Crippen molar-refractivity contribution in [3.63, 3.8) is 0 Å². The monoisotopic (exact) mass is 283 g/mol. The fraction of sp³-hybridized carbons (Fsp3) is 0.333. The number of amides is 1. The smallest absolute Gasteiger partial charge is 0.255 e. The van der Waals surface area contributed by atoms with Crippen molar-refractivity contribution in [3.05, 3.63) is 38.8 Å². The second kappa shape index (κ2) is 5.12. The summed E-state index contributed by atoms with van der Waals surface area (Å²) in [6, 6.07) is 3.70. The maximum absolute atomic E-state index is 12.1. The highest BCUT2D eigenvalue weighted by Crippen LogP contribution is 2.26. The van der Waals surface area contributed by atoms with Crippen LogP contribution in [-0.2, 0) is 7.05 Å². The van der Waals surface area contributed by atoms with E-state index in [0.29, 0.717) is 5.56 Å². The number of nitrogens with one attached hydrogen (secondary N) is 1. The molecule has 0 bridgehead atoms. The first-order chi connectivity index (χ1) is 8.49. The number of rotatable bonds is 3. The number of thiophene rings is 1. The van der Waals surface area contributed by atoms with Crippen LogP contribution in [0.5, 0.6) is 0 Å². The molecule has 2 aromatic heterocycles. The molecule has 0 saturated heterocycles. The molecule has 0 saturated carbocycles. The molecule has 0 aliphatic carbocycles. The predicted octanol–water partition coefficient (Wildman–Crippen LogP) is 2.93. The highest BCUT2D eigenvalue weighted by atomic mass is 35.5. The average Bonchev–Trinajstić information content (AvgIpc) is 2.87. The molecule has 96 valence electrons. The first-order valence-electron chi connectivity index (χ1n) is 5.53. The standard InChI is InChI=1S/C12H14ClN3OS/c1-7(10-4-5-11(13)18-10)15-12(17)9-6-14-16(3)8(9)2/h4-7H,1-3H3,(H,15,17)/t7-/m1/s1.